The molecule has 1 heterocycles. The third-order valence-corrected chi connectivity index (χ3v) is 9.96. The molecular weight excluding hydrogens is 348 g/mol. The van der Waals surface area contributed by atoms with Gasteiger partial charge in [-0.3, -0.25) is 9.69 Å². The Hall–Kier alpha value is -1.16. The van der Waals surface area contributed by atoms with Gasteiger partial charge in [0.25, 0.3) is 0 Å². The zero-order chi connectivity index (χ0) is 19.7. The summed E-state index contributed by atoms with van der Waals surface area (Å²) in [6, 6.07) is 0.526. The van der Waals surface area contributed by atoms with E-state index in [0.717, 1.165) is 44.2 Å². The molecular formula is C24H36N2O2. The number of likely N-dealkylation sites (tertiary alicyclic amines) is 1. The van der Waals surface area contributed by atoms with Crippen LogP contribution >= 0.6 is 0 Å². The summed E-state index contributed by atoms with van der Waals surface area (Å²) in [5, 5.41) is 14.0. The Kier molecular flexibility index (Phi) is 4.32. The third kappa shape index (κ3) is 2.39. The lowest BCUT2D eigenvalue weighted by Crippen LogP contribution is -2.59. The lowest BCUT2D eigenvalue weighted by atomic mass is 9.43. The summed E-state index contributed by atoms with van der Waals surface area (Å²) in [4.78, 5) is 15.3. The van der Waals surface area contributed by atoms with Crippen molar-refractivity contribution < 1.29 is 10.0 Å². The molecule has 154 valence electrons. The predicted octanol–water partition coefficient (Wildman–Crippen LogP) is 4.67. The Bertz CT molecular complexity index is 724. The number of nitrogens with zero attached hydrogens (tertiary/aromatic N) is 2. The highest BCUT2D eigenvalue weighted by Gasteiger charge is 2.63. The van der Waals surface area contributed by atoms with Crippen LogP contribution in [0.3, 0.4) is 0 Å². The van der Waals surface area contributed by atoms with Gasteiger partial charge < -0.3 is 5.21 Å². The van der Waals surface area contributed by atoms with Crippen LogP contribution in [-0.4, -0.2) is 40.7 Å². The molecule has 0 aromatic heterocycles. The Morgan fingerprint density at radius 3 is 2.61 bits per heavy atom. The van der Waals surface area contributed by atoms with E-state index >= 15 is 0 Å². The highest BCUT2D eigenvalue weighted by Crippen LogP contribution is 2.66. The number of allylic oxidation sites excluding steroid dienone is 1. The van der Waals surface area contributed by atoms with Crippen LogP contribution in [0.2, 0.25) is 0 Å². The fraction of sp³-hybridized carbons (Fsp3) is 0.833. The Labute approximate surface area is 169 Å². The summed E-state index contributed by atoms with van der Waals surface area (Å²) >= 11 is 0. The summed E-state index contributed by atoms with van der Waals surface area (Å²) in [6.45, 7) is 11.6. The molecule has 7 atom stereocenters. The maximum atomic E-state index is 12.7. The summed E-state index contributed by atoms with van der Waals surface area (Å²) in [7, 11) is 0. The van der Waals surface area contributed by atoms with Crippen LogP contribution in [-0.2, 0) is 4.79 Å². The fourth-order valence-electron chi connectivity index (χ4n) is 8.29. The second kappa shape index (κ2) is 6.42. The van der Waals surface area contributed by atoms with Crippen LogP contribution in [0.25, 0.3) is 0 Å². The molecule has 4 nitrogen and oxygen atoms in total. The van der Waals surface area contributed by atoms with Gasteiger partial charge in [0, 0.05) is 29.7 Å². The first-order valence-corrected chi connectivity index (χ1v) is 11.6. The van der Waals surface area contributed by atoms with Gasteiger partial charge in [-0.15, -0.1) is 0 Å². The van der Waals surface area contributed by atoms with Crippen molar-refractivity contribution in [2.45, 2.75) is 77.7 Å². The van der Waals surface area contributed by atoms with E-state index in [1.165, 1.54) is 37.9 Å². The van der Waals surface area contributed by atoms with E-state index in [-0.39, 0.29) is 10.8 Å². The second-order valence-corrected chi connectivity index (χ2v) is 10.9. The van der Waals surface area contributed by atoms with Crippen molar-refractivity contribution in [3.63, 3.8) is 0 Å². The molecule has 0 aromatic carbocycles. The minimum absolute atomic E-state index is 0.0379. The topological polar surface area (TPSA) is 52.9 Å². The first-order chi connectivity index (χ1) is 13.4. The van der Waals surface area contributed by atoms with E-state index in [1.54, 1.807) is 0 Å². The molecule has 0 bridgehead atoms. The molecule has 1 saturated heterocycles. The van der Waals surface area contributed by atoms with E-state index in [1.807, 2.05) is 0 Å². The standard InChI is InChI=1S/C24H36N2O2/c1-15-12-16-13-17(26-10-4-5-11-26)14-20(25-28)24(16,3)19-8-9-23(2)18(22(15)19)6-7-21(23)27/h16-19,22,28H,1,4-14H2,2-3H3/t16?,17?,18-,19+,22-,23-,24-/m0/s1. The Morgan fingerprint density at radius 1 is 1.14 bits per heavy atom. The molecule has 28 heavy (non-hydrogen) atoms. The second-order valence-electron chi connectivity index (χ2n) is 10.9. The summed E-state index contributed by atoms with van der Waals surface area (Å²) in [6.07, 6.45) is 9.62. The third-order valence-electron chi connectivity index (χ3n) is 9.96. The number of carbonyl (C=O) groups excluding carboxylic acids is 1. The number of fused-ring (bicyclic) bond motifs is 5. The molecule has 0 aromatic rings. The zero-order valence-corrected chi connectivity index (χ0v) is 17.6. The minimum atomic E-state index is -0.142. The predicted molar refractivity (Wildman–Crippen MR) is 110 cm³/mol. The van der Waals surface area contributed by atoms with Crippen LogP contribution in [0.5, 0.6) is 0 Å². The lowest BCUT2D eigenvalue weighted by molar-refractivity contribution is -0.131. The van der Waals surface area contributed by atoms with Crippen molar-refractivity contribution in [1.82, 2.24) is 4.90 Å². The van der Waals surface area contributed by atoms with E-state index in [4.69, 9.17) is 0 Å². The van der Waals surface area contributed by atoms with Crippen molar-refractivity contribution in [2.24, 2.45) is 39.7 Å². The molecule has 4 aliphatic carbocycles. The zero-order valence-electron chi connectivity index (χ0n) is 17.6. The lowest BCUT2D eigenvalue weighted by Gasteiger charge is -2.61. The fourth-order valence-corrected chi connectivity index (χ4v) is 8.29. The van der Waals surface area contributed by atoms with Gasteiger partial charge in [-0.1, -0.05) is 31.2 Å². The molecule has 0 spiro atoms. The van der Waals surface area contributed by atoms with Gasteiger partial charge in [-0.05, 0) is 81.7 Å². The summed E-state index contributed by atoms with van der Waals surface area (Å²) in [5.74, 6) is 2.35. The van der Waals surface area contributed by atoms with Gasteiger partial charge in [0.05, 0.1) is 5.71 Å². The van der Waals surface area contributed by atoms with Crippen molar-refractivity contribution in [3.8, 4) is 0 Å². The van der Waals surface area contributed by atoms with Crippen LogP contribution in [0, 0.1) is 34.5 Å². The van der Waals surface area contributed by atoms with Crippen molar-refractivity contribution >= 4 is 11.5 Å². The minimum Gasteiger partial charge on any atom is -0.411 e. The van der Waals surface area contributed by atoms with E-state index in [0.29, 0.717) is 35.5 Å². The number of hydrogen-bond donors (Lipinski definition) is 1. The first kappa shape index (κ1) is 18.8. The largest absolute Gasteiger partial charge is 0.411 e. The van der Waals surface area contributed by atoms with Gasteiger partial charge in [-0.2, -0.15) is 0 Å². The average Bonchev–Trinajstić information content (AvgIpc) is 3.31. The van der Waals surface area contributed by atoms with Gasteiger partial charge in [0.15, 0.2) is 0 Å². The maximum absolute atomic E-state index is 12.7. The average molecular weight is 385 g/mol. The number of ketones is 1. The molecule has 1 N–H and O–H groups in total. The molecule has 5 fully saturated rings. The number of carbonyl (C=O) groups is 1. The van der Waals surface area contributed by atoms with E-state index in [9.17, 15) is 10.0 Å². The van der Waals surface area contributed by atoms with Crippen LogP contribution in [0.1, 0.15) is 71.6 Å². The molecule has 0 radical (unpaired) electrons. The van der Waals surface area contributed by atoms with Crippen LogP contribution in [0.15, 0.2) is 17.3 Å². The van der Waals surface area contributed by atoms with Gasteiger partial charge in [0.2, 0.25) is 0 Å². The normalized spacial score (nSPS) is 50.5. The summed E-state index contributed by atoms with van der Waals surface area (Å²) in [5.41, 5.74) is 2.24. The Morgan fingerprint density at radius 2 is 1.89 bits per heavy atom. The number of Topliss-reactive ketones (excluding diaryl/α,β-unsaturated/α-hetero) is 1. The van der Waals surface area contributed by atoms with Crippen molar-refractivity contribution in [2.75, 3.05) is 13.1 Å². The SMILES string of the molecule is C=C1CC2CC(N3CCCC3)CC(=NO)[C@]2(C)[C@@H]2CC[C@]3(C)C(=O)CC[C@H]3[C@H]12. The van der Waals surface area contributed by atoms with Crippen LogP contribution in [0.4, 0.5) is 0 Å². The number of oxime groups is 1. The number of rotatable bonds is 1. The van der Waals surface area contributed by atoms with E-state index in [2.05, 4.69) is 30.5 Å². The highest BCUT2D eigenvalue weighted by atomic mass is 16.4. The quantitative estimate of drug-likeness (QED) is 0.406. The van der Waals surface area contributed by atoms with Gasteiger partial charge >= 0.3 is 0 Å². The van der Waals surface area contributed by atoms with Gasteiger partial charge in [0.1, 0.15) is 5.78 Å². The summed E-state index contributed by atoms with van der Waals surface area (Å²) < 4.78 is 0. The van der Waals surface area contributed by atoms with Crippen molar-refractivity contribution in [3.05, 3.63) is 12.2 Å². The Balaban J connectivity index is 1.49. The van der Waals surface area contributed by atoms with E-state index < -0.39 is 0 Å². The first-order valence-electron chi connectivity index (χ1n) is 11.6. The maximum Gasteiger partial charge on any atom is 0.139 e. The molecule has 2 unspecified atom stereocenters. The smallest absolute Gasteiger partial charge is 0.139 e. The molecule has 4 heteroatoms. The van der Waals surface area contributed by atoms with Gasteiger partial charge in [-0.25, -0.2) is 0 Å². The van der Waals surface area contributed by atoms with Crippen molar-refractivity contribution in [1.29, 1.82) is 0 Å². The van der Waals surface area contributed by atoms with Crippen LogP contribution < -0.4 is 0 Å². The molecule has 4 saturated carbocycles. The number of hydrogen-bond acceptors (Lipinski definition) is 4. The molecule has 5 rings (SSSR count). The highest BCUT2D eigenvalue weighted by molar-refractivity contribution is 5.92. The molecule has 5 aliphatic rings. The molecule has 0 amide bonds. The molecule has 1 aliphatic heterocycles. The monoisotopic (exact) mass is 384 g/mol.